The van der Waals surface area contributed by atoms with Crippen molar-refractivity contribution in [3.8, 4) is 0 Å². The van der Waals surface area contributed by atoms with E-state index in [4.69, 9.17) is 0 Å². The summed E-state index contributed by atoms with van der Waals surface area (Å²) < 4.78 is 0.990. The number of nitrogens with zero attached hydrogens (tertiary/aromatic N) is 1. The van der Waals surface area contributed by atoms with Crippen LogP contribution < -0.4 is 10.6 Å². The number of hydrogen-bond donors (Lipinski definition) is 2. The molecule has 2 N–H and O–H groups in total. The molecular weight excluding hydrogens is 258 g/mol. The number of rotatable bonds is 1. The molecule has 0 aromatic carbocycles. The molecule has 15 heavy (non-hydrogen) atoms. The Morgan fingerprint density at radius 1 is 1.47 bits per heavy atom. The predicted octanol–water partition coefficient (Wildman–Crippen LogP) is 0.995. The number of pyridine rings is 1. The Morgan fingerprint density at radius 3 is 3.13 bits per heavy atom. The normalized spacial score (nSPS) is 21.9. The zero-order valence-corrected chi connectivity index (χ0v) is 9.75. The summed E-state index contributed by atoms with van der Waals surface area (Å²) in [6.45, 7) is 1.48. The second-order valence-electron chi connectivity index (χ2n) is 3.46. The van der Waals surface area contributed by atoms with Crippen molar-refractivity contribution < 1.29 is 4.79 Å². The van der Waals surface area contributed by atoms with E-state index in [2.05, 4.69) is 31.5 Å². The lowest BCUT2D eigenvalue weighted by molar-refractivity contribution is -0.121. The molecule has 1 aliphatic rings. The second-order valence-corrected chi connectivity index (χ2v) is 4.31. The monoisotopic (exact) mass is 269 g/mol. The number of carbonyl (C=O) groups excluding carboxylic acids is 1. The molecule has 0 saturated carbocycles. The zero-order valence-electron chi connectivity index (χ0n) is 8.16. The van der Waals surface area contributed by atoms with Crippen LogP contribution in [0.25, 0.3) is 0 Å². The van der Waals surface area contributed by atoms with Gasteiger partial charge >= 0.3 is 0 Å². The van der Waals surface area contributed by atoms with Gasteiger partial charge in [-0.3, -0.25) is 9.78 Å². The third-order valence-corrected chi connectivity index (χ3v) is 3.12. The highest BCUT2D eigenvalue weighted by molar-refractivity contribution is 9.10. The van der Waals surface area contributed by atoms with Crippen LogP contribution >= 0.6 is 15.9 Å². The Morgan fingerprint density at radius 2 is 2.33 bits per heavy atom. The molecule has 4 nitrogen and oxygen atoms in total. The highest BCUT2D eigenvalue weighted by Gasteiger charge is 2.20. The fraction of sp³-hybridized carbons (Fsp3) is 0.400. The number of nitrogens with one attached hydrogen (secondary N) is 2. The molecule has 2 heterocycles. The van der Waals surface area contributed by atoms with Gasteiger partial charge in [0.15, 0.2) is 0 Å². The van der Waals surface area contributed by atoms with Gasteiger partial charge in [0.2, 0.25) is 5.91 Å². The van der Waals surface area contributed by atoms with Crippen LogP contribution in [0.4, 0.5) is 0 Å². The molecule has 5 heteroatoms. The van der Waals surface area contributed by atoms with Crippen LogP contribution in [0, 0.1) is 0 Å². The highest BCUT2D eigenvalue weighted by Crippen LogP contribution is 2.24. The molecule has 0 spiro atoms. The van der Waals surface area contributed by atoms with Gasteiger partial charge < -0.3 is 10.6 Å². The number of hydrogen-bond acceptors (Lipinski definition) is 3. The summed E-state index contributed by atoms with van der Waals surface area (Å²) in [6, 6.07) is 1.94. The van der Waals surface area contributed by atoms with Crippen LogP contribution in [0.1, 0.15) is 18.0 Å². The molecule has 2 rings (SSSR count). The van der Waals surface area contributed by atoms with Crippen molar-refractivity contribution in [3.63, 3.8) is 0 Å². The van der Waals surface area contributed by atoms with E-state index in [9.17, 15) is 4.79 Å². The average Bonchev–Trinajstić information content (AvgIpc) is 2.43. The summed E-state index contributed by atoms with van der Waals surface area (Å²) in [4.78, 5) is 15.5. The van der Waals surface area contributed by atoms with E-state index in [1.807, 2.05) is 6.07 Å². The first kappa shape index (κ1) is 10.6. The molecule has 0 bridgehead atoms. The van der Waals surface area contributed by atoms with Crippen molar-refractivity contribution in [2.45, 2.75) is 12.5 Å². The third kappa shape index (κ3) is 2.54. The van der Waals surface area contributed by atoms with Crippen molar-refractivity contribution in [1.82, 2.24) is 15.6 Å². The van der Waals surface area contributed by atoms with Gasteiger partial charge in [0.05, 0.1) is 0 Å². The average molecular weight is 270 g/mol. The predicted molar refractivity (Wildman–Crippen MR) is 60.3 cm³/mol. The molecular formula is C10H12BrN3O. The van der Waals surface area contributed by atoms with Crippen LogP contribution in [0.2, 0.25) is 0 Å². The van der Waals surface area contributed by atoms with Gasteiger partial charge in [0.25, 0.3) is 0 Å². The van der Waals surface area contributed by atoms with Crippen LogP contribution in [0.15, 0.2) is 22.9 Å². The third-order valence-electron chi connectivity index (χ3n) is 2.40. The smallest absolute Gasteiger partial charge is 0.221 e. The fourth-order valence-electron chi connectivity index (χ4n) is 1.64. The van der Waals surface area contributed by atoms with E-state index in [-0.39, 0.29) is 11.9 Å². The maximum Gasteiger partial charge on any atom is 0.221 e. The van der Waals surface area contributed by atoms with Crippen LogP contribution in [-0.2, 0) is 4.79 Å². The Hall–Kier alpha value is -0.940. The van der Waals surface area contributed by atoms with Gasteiger partial charge in [-0.15, -0.1) is 0 Å². The van der Waals surface area contributed by atoms with Crippen molar-refractivity contribution in [2.75, 3.05) is 13.1 Å². The quantitative estimate of drug-likeness (QED) is 0.800. The van der Waals surface area contributed by atoms with Crippen LogP contribution in [0.5, 0.6) is 0 Å². The largest absolute Gasteiger partial charge is 0.355 e. The lowest BCUT2D eigenvalue weighted by Crippen LogP contribution is -2.24. The lowest BCUT2D eigenvalue weighted by Gasteiger charge is -2.15. The Kier molecular flexibility index (Phi) is 3.33. The van der Waals surface area contributed by atoms with E-state index in [1.165, 1.54) is 0 Å². The van der Waals surface area contributed by atoms with Crippen LogP contribution in [0.3, 0.4) is 0 Å². The van der Waals surface area contributed by atoms with E-state index >= 15 is 0 Å². The van der Waals surface area contributed by atoms with Crippen molar-refractivity contribution >= 4 is 21.8 Å². The minimum absolute atomic E-state index is 0.0515. The Labute approximate surface area is 96.6 Å². The molecule has 1 saturated heterocycles. The first-order chi connectivity index (χ1) is 7.27. The maximum atomic E-state index is 11.4. The van der Waals surface area contributed by atoms with Crippen molar-refractivity contribution in [1.29, 1.82) is 0 Å². The van der Waals surface area contributed by atoms with Gasteiger partial charge in [0.1, 0.15) is 0 Å². The lowest BCUT2D eigenvalue weighted by atomic mass is 10.1. The van der Waals surface area contributed by atoms with E-state index in [0.717, 1.165) is 16.6 Å². The number of aromatic nitrogens is 1. The molecule has 1 aliphatic heterocycles. The molecule has 0 radical (unpaired) electrons. The minimum Gasteiger partial charge on any atom is -0.355 e. The second kappa shape index (κ2) is 4.72. The molecule has 1 unspecified atom stereocenters. The van der Waals surface area contributed by atoms with Gasteiger partial charge in [-0.05, 0) is 6.07 Å². The van der Waals surface area contributed by atoms with Gasteiger partial charge in [-0.1, -0.05) is 15.9 Å². The minimum atomic E-state index is 0.0515. The standard InChI is InChI=1S/C10H12BrN3O/c11-8-1-2-12-6-7(8)9-5-10(15)14-4-3-13-9/h1-2,6,9,13H,3-5H2,(H,14,15). The number of amides is 1. The fourth-order valence-corrected chi connectivity index (χ4v) is 2.14. The van der Waals surface area contributed by atoms with Gasteiger partial charge in [-0.25, -0.2) is 0 Å². The summed E-state index contributed by atoms with van der Waals surface area (Å²) >= 11 is 3.47. The van der Waals surface area contributed by atoms with Crippen LogP contribution in [-0.4, -0.2) is 24.0 Å². The maximum absolute atomic E-state index is 11.4. The topological polar surface area (TPSA) is 54.0 Å². The molecule has 1 atom stereocenters. The van der Waals surface area contributed by atoms with Crippen molar-refractivity contribution in [2.24, 2.45) is 0 Å². The molecule has 80 valence electrons. The number of halogens is 1. The Balaban J connectivity index is 2.22. The Bertz CT molecular complexity index is 369. The first-order valence-electron chi connectivity index (χ1n) is 4.87. The molecule has 1 amide bonds. The number of carbonyl (C=O) groups is 1. The molecule has 1 fully saturated rings. The SMILES string of the molecule is O=C1CC(c2cnccc2Br)NCCN1. The van der Waals surface area contributed by atoms with Gasteiger partial charge in [-0.2, -0.15) is 0 Å². The van der Waals surface area contributed by atoms with E-state index < -0.39 is 0 Å². The van der Waals surface area contributed by atoms with Gasteiger partial charge in [0, 0.05) is 48.0 Å². The molecule has 1 aromatic rings. The van der Waals surface area contributed by atoms with E-state index in [0.29, 0.717) is 13.0 Å². The highest BCUT2D eigenvalue weighted by atomic mass is 79.9. The summed E-state index contributed by atoms with van der Waals surface area (Å²) in [5.74, 6) is 0.0840. The molecule has 0 aliphatic carbocycles. The van der Waals surface area contributed by atoms with Crippen molar-refractivity contribution in [3.05, 3.63) is 28.5 Å². The summed E-state index contributed by atoms with van der Waals surface area (Å²) in [6.07, 6.45) is 3.98. The summed E-state index contributed by atoms with van der Waals surface area (Å²) in [5.41, 5.74) is 1.04. The zero-order chi connectivity index (χ0) is 10.7. The summed E-state index contributed by atoms with van der Waals surface area (Å²) in [7, 11) is 0. The first-order valence-corrected chi connectivity index (χ1v) is 5.66. The molecule has 1 aromatic heterocycles. The van der Waals surface area contributed by atoms with E-state index in [1.54, 1.807) is 12.4 Å². The summed E-state index contributed by atoms with van der Waals surface area (Å²) in [5, 5.41) is 6.14.